The molecule has 148 valence electrons. The zero-order valence-electron chi connectivity index (χ0n) is 14.8. The summed E-state index contributed by atoms with van der Waals surface area (Å²) in [6, 6.07) is 0. The minimum Gasteiger partial charge on any atom is -0.466 e. The van der Waals surface area contributed by atoms with Gasteiger partial charge >= 0.3 is 18.1 Å². The molecule has 25 heavy (non-hydrogen) atoms. The fourth-order valence-corrected chi connectivity index (χ4v) is 2.55. The molecule has 0 saturated carbocycles. The fraction of sp³-hybridized carbons (Fsp3) is 0.833. The highest BCUT2D eigenvalue weighted by Gasteiger charge is 2.56. The quantitative estimate of drug-likeness (QED) is 0.152. The maximum Gasteiger partial charge on any atom is 0.453 e. The summed E-state index contributed by atoms with van der Waals surface area (Å²) < 4.78 is 67.0. The van der Waals surface area contributed by atoms with E-state index in [0.717, 1.165) is 32.1 Å². The van der Waals surface area contributed by atoms with Gasteiger partial charge in [-0.15, -0.1) is 6.58 Å². The number of rotatable bonds is 14. The van der Waals surface area contributed by atoms with Crippen molar-refractivity contribution in [2.75, 3.05) is 6.61 Å². The van der Waals surface area contributed by atoms with Gasteiger partial charge in [0.25, 0.3) is 0 Å². The molecule has 1 atom stereocenters. The first-order valence-electron chi connectivity index (χ1n) is 8.87. The van der Waals surface area contributed by atoms with Crippen LogP contribution in [0.2, 0.25) is 0 Å². The fourth-order valence-electron chi connectivity index (χ4n) is 2.55. The van der Waals surface area contributed by atoms with Crippen molar-refractivity contribution in [2.45, 2.75) is 83.2 Å². The van der Waals surface area contributed by atoms with Gasteiger partial charge in [0.1, 0.15) is 0 Å². The Balaban J connectivity index is 4.23. The Labute approximate surface area is 146 Å². The highest BCUT2D eigenvalue weighted by atomic mass is 19.4. The number of hydrogen-bond donors (Lipinski definition) is 0. The summed E-state index contributed by atoms with van der Waals surface area (Å²) in [5.41, 5.74) is 0. The van der Waals surface area contributed by atoms with Crippen molar-refractivity contribution in [1.29, 1.82) is 0 Å². The third-order valence-corrected chi connectivity index (χ3v) is 4.04. The van der Waals surface area contributed by atoms with Crippen LogP contribution in [0.3, 0.4) is 0 Å². The van der Waals surface area contributed by atoms with Gasteiger partial charge in [0.05, 0.1) is 12.5 Å². The van der Waals surface area contributed by atoms with Crippen molar-refractivity contribution < 1.29 is 31.5 Å². The summed E-state index contributed by atoms with van der Waals surface area (Å²) in [5.74, 6) is -5.49. The average Bonchev–Trinajstić information content (AvgIpc) is 2.51. The highest BCUT2D eigenvalue weighted by molar-refractivity contribution is 5.72. The lowest BCUT2D eigenvalue weighted by Crippen LogP contribution is -2.36. The Morgan fingerprint density at radius 3 is 2.08 bits per heavy atom. The predicted octanol–water partition coefficient (Wildman–Crippen LogP) is 6.45. The lowest BCUT2D eigenvalue weighted by molar-refractivity contribution is -0.284. The zero-order chi connectivity index (χ0) is 19.3. The van der Waals surface area contributed by atoms with E-state index < -0.39 is 30.4 Å². The van der Waals surface area contributed by atoms with Crippen LogP contribution in [-0.4, -0.2) is 24.7 Å². The number of alkyl halides is 5. The Morgan fingerprint density at radius 1 is 1.00 bits per heavy atom. The Bertz CT molecular complexity index is 380. The number of hydrogen-bond acceptors (Lipinski definition) is 2. The predicted molar refractivity (Wildman–Crippen MR) is 87.5 cm³/mol. The van der Waals surface area contributed by atoms with E-state index in [0.29, 0.717) is 6.42 Å². The van der Waals surface area contributed by atoms with Crippen LogP contribution >= 0.6 is 0 Å². The standard InChI is InChI=1S/C18H29F5O2/c1-3-5-6-7-8-9-12-15(16(24)25-4-2)13-10-11-14-17(19,20)18(21,22)23/h3,15H,1,4-14H2,2H3. The summed E-state index contributed by atoms with van der Waals surface area (Å²) in [4.78, 5) is 11.9. The molecule has 0 saturated heterocycles. The SMILES string of the molecule is C=CCCCCCCC(CCCCC(F)(F)C(F)(F)F)C(=O)OCC. The molecule has 0 heterocycles. The molecule has 2 nitrogen and oxygen atoms in total. The number of carbonyl (C=O) groups excluding carboxylic acids is 1. The van der Waals surface area contributed by atoms with Gasteiger partial charge in [0, 0.05) is 6.42 Å². The van der Waals surface area contributed by atoms with E-state index in [4.69, 9.17) is 4.74 Å². The van der Waals surface area contributed by atoms with Crippen LogP contribution in [-0.2, 0) is 9.53 Å². The summed E-state index contributed by atoms with van der Waals surface area (Å²) in [5, 5.41) is 0. The second-order valence-electron chi connectivity index (χ2n) is 6.18. The summed E-state index contributed by atoms with van der Waals surface area (Å²) in [6.45, 7) is 5.54. The van der Waals surface area contributed by atoms with Gasteiger partial charge in [-0.05, 0) is 39.0 Å². The van der Waals surface area contributed by atoms with Crippen molar-refractivity contribution >= 4 is 5.97 Å². The van der Waals surface area contributed by atoms with Crippen LogP contribution in [0.4, 0.5) is 22.0 Å². The van der Waals surface area contributed by atoms with Gasteiger partial charge in [0.15, 0.2) is 0 Å². The molecule has 0 rings (SSSR count). The van der Waals surface area contributed by atoms with E-state index in [-0.39, 0.29) is 25.9 Å². The molecule has 0 spiro atoms. The molecule has 0 bridgehead atoms. The minimum atomic E-state index is -5.51. The average molecular weight is 372 g/mol. The van der Waals surface area contributed by atoms with E-state index in [9.17, 15) is 26.7 Å². The molecule has 0 aliphatic rings. The van der Waals surface area contributed by atoms with Crippen LogP contribution in [0.1, 0.15) is 71.1 Å². The normalized spacial score (nSPS) is 13.5. The van der Waals surface area contributed by atoms with E-state index in [2.05, 4.69) is 6.58 Å². The summed E-state index contributed by atoms with van der Waals surface area (Å²) >= 11 is 0. The van der Waals surface area contributed by atoms with E-state index in [1.165, 1.54) is 0 Å². The van der Waals surface area contributed by atoms with E-state index in [1.807, 2.05) is 6.08 Å². The molecular weight excluding hydrogens is 343 g/mol. The lowest BCUT2D eigenvalue weighted by Gasteiger charge is -2.20. The first kappa shape index (κ1) is 23.9. The monoisotopic (exact) mass is 372 g/mol. The lowest BCUT2D eigenvalue weighted by atomic mass is 9.94. The van der Waals surface area contributed by atoms with Crippen molar-refractivity contribution in [3.05, 3.63) is 12.7 Å². The van der Waals surface area contributed by atoms with Gasteiger partial charge in [0.2, 0.25) is 0 Å². The van der Waals surface area contributed by atoms with Crippen LogP contribution in [0.5, 0.6) is 0 Å². The molecule has 1 unspecified atom stereocenters. The van der Waals surface area contributed by atoms with E-state index in [1.54, 1.807) is 6.92 Å². The number of unbranched alkanes of at least 4 members (excludes halogenated alkanes) is 5. The number of ether oxygens (including phenoxy) is 1. The Kier molecular flexibility index (Phi) is 11.7. The Morgan fingerprint density at radius 2 is 1.56 bits per heavy atom. The molecule has 0 aliphatic carbocycles. The number of carbonyl (C=O) groups is 1. The van der Waals surface area contributed by atoms with E-state index >= 15 is 0 Å². The largest absolute Gasteiger partial charge is 0.466 e. The molecule has 0 fully saturated rings. The van der Waals surface area contributed by atoms with Crippen LogP contribution in [0.15, 0.2) is 12.7 Å². The van der Waals surface area contributed by atoms with Gasteiger partial charge < -0.3 is 4.74 Å². The molecular formula is C18H29F5O2. The maximum absolute atomic E-state index is 12.9. The molecule has 0 aromatic carbocycles. The third-order valence-electron chi connectivity index (χ3n) is 4.04. The van der Waals surface area contributed by atoms with Gasteiger partial charge in [-0.2, -0.15) is 22.0 Å². The molecule has 0 amide bonds. The molecule has 0 aromatic rings. The van der Waals surface area contributed by atoms with Gasteiger partial charge in [-0.1, -0.05) is 31.8 Å². The minimum absolute atomic E-state index is 0.144. The summed E-state index contributed by atoms with van der Waals surface area (Å²) in [6.07, 6.45) is 0.531. The first-order chi connectivity index (χ1) is 11.7. The first-order valence-corrected chi connectivity index (χ1v) is 8.87. The van der Waals surface area contributed by atoms with Crippen molar-refractivity contribution in [3.63, 3.8) is 0 Å². The molecule has 7 heteroatoms. The third kappa shape index (κ3) is 10.4. The highest BCUT2D eigenvalue weighted by Crippen LogP contribution is 2.39. The molecule has 0 aliphatic heterocycles. The van der Waals surface area contributed by atoms with Gasteiger partial charge in [-0.3, -0.25) is 4.79 Å². The maximum atomic E-state index is 12.9. The molecule has 0 radical (unpaired) electrons. The van der Waals surface area contributed by atoms with Crippen LogP contribution in [0.25, 0.3) is 0 Å². The van der Waals surface area contributed by atoms with Crippen LogP contribution in [0, 0.1) is 5.92 Å². The van der Waals surface area contributed by atoms with Crippen molar-refractivity contribution in [1.82, 2.24) is 0 Å². The Hall–Kier alpha value is -1.14. The van der Waals surface area contributed by atoms with Crippen molar-refractivity contribution in [3.8, 4) is 0 Å². The topological polar surface area (TPSA) is 26.3 Å². The number of allylic oxidation sites excluding steroid dienone is 1. The zero-order valence-corrected chi connectivity index (χ0v) is 14.8. The second-order valence-corrected chi connectivity index (χ2v) is 6.18. The van der Waals surface area contributed by atoms with Crippen LogP contribution < -0.4 is 0 Å². The molecule has 0 N–H and O–H groups in total. The molecule has 0 aromatic heterocycles. The summed E-state index contributed by atoms with van der Waals surface area (Å²) in [7, 11) is 0. The van der Waals surface area contributed by atoms with Crippen molar-refractivity contribution in [2.24, 2.45) is 5.92 Å². The number of halogens is 5. The number of esters is 1. The second kappa shape index (κ2) is 12.3. The smallest absolute Gasteiger partial charge is 0.453 e. The van der Waals surface area contributed by atoms with Gasteiger partial charge in [-0.25, -0.2) is 0 Å².